The number of carbonyl (C=O) groups excluding carboxylic acids is 1. The minimum absolute atomic E-state index is 0.0436. The first-order valence-electron chi connectivity index (χ1n) is 7.38. The summed E-state index contributed by atoms with van der Waals surface area (Å²) < 4.78 is 5.25. The van der Waals surface area contributed by atoms with Gasteiger partial charge in [0.15, 0.2) is 0 Å². The first kappa shape index (κ1) is 17.5. The van der Waals surface area contributed by atoms with Crippen LogP contribution in [0.3, 0.4) is 0 Å². The molecule has 5 nitrogen and oxygen atoms in total. The summed E-state index contributed by atoms with van der Waals surface area (Å²) in [6, 6.07) is 5.69. The van der Waals surface area contributed by atoms with Crippen molar-refractivity contribution in [3.63, 3.8) is 0 Å². The van der Waals surface area contributed by atoms with E-state index in [1.54, 1.807) is 7.11 Å². The molecule has 0 saturated heterocycles. The standard InChI is InChI=1S/C16H26N2O3/c1-4-8-18(10-11-19)9-7-16(20)17-14-12-13(2)5-6-15(14)21-3/h5-6,12,19H,4,7-11H2,1-3H3,(H,17,20). The average Bonchev–Trinajstić information content (AvgIpc) is 2.45. The van der Waals surface area contributed by atoms with Gasteiger partial charge >= 0.3 is 0 Å². The van der Waals surface area contributed by atoms with E-state index in [-0.39, 0.29) is 12.5 Å². The van der Waals surface area contributed by atoms with Crippen molar-refractivity contribution in [3.8, 4) is 5.75 Å². The van der Waals surface area contributed by atoms with E-state index in [2.05, 4.69) is 17.1 Å². The fourth-order valence-electron chi connectivity index (χ4n) is 2.18. The first-order valence-corrected chi connectivity index (χ1v) is 7.38. The van der Waals surface area contributed by atoms with Gasteiger partial charge in [0.2, 0.25) is 5.91 Å². The largest absolute Gasteiger partial charge is 0.495 e. The number of amides is 1. The van der Waals surface area contributed by atoms with Crippen LogP contribution >= 0.6 is 0 Å². The van der Waals surface area contributed by atoms with Crippen LogP contribution in [0.15, 0.2) is 18.2 Å². The second-order valence-electron chi connectivity index (χ2n) is 5.07. The summed E-state index contributed by atoms with van der Waals surface area (Å²) >= 11 is 0. The van der Waals surface area contributed by atoms with Gasteiger partial charge < -0.3 is 20.1 Å². The van der Waals surface area contributed by atoms with Crippen LogP contribution in [0, 0.1) is 6.92 Å². The topological polar surface area (TPSA) is 61.8 Å². The van der Waals surface area contributed by atoms with Crippen molar-refractivity contribution in [2.45, 2.75) is 26.7 Å². The SMILES string of the molecule is CCCN(CCO)CCC(=O)Nc1cc(C)ccc1OC. The number of rotatable bonds is 9. The molecule has 0 aliphatic rings. The highest BCUT2D eigenvalue weighted by atomic mass is 16.5. The molecule has 0 aliphatic carbocycles. The van der Waals surface area contributed by atoms with Crippen molar-refractivity contribution in [1.82, 2.24) is 4.90 Å². The van der Waals surface area contributed by atoms with E-state index < -0.39 is 0 Å². The summed E-state index contributed by atoms with van der Waals surface area (Å²) in [5.41, 5.74) is 1.77. The van der Waals surface area contributed by atoms with E-state index >= 15 is 0 Å². The molecule has 0 spiro atoms. The molecule has 1 aromatic rings. The number of hydrogen-bond acceptors (Lipinski definition) is 4. The van der Waals surface area contributed by atoms with Crippen LogP contribution in [0.25, 0.3) is 0 Å². The van der Waals surface area contributed by atoms with E-state index in [1.165, 1.54) is 0 Å². The number of anilines is 1. The van der Waals surface area contributed by atoms with E-state index in [1.807, 2.05) is 25.1 Å². The molecule has 0 radical (unpaired) electrons. The molecule has 0 aliphatic heterocycles. The van der Waals surface area contributed by atoms with Crippen LogP contribution < -0.4 is 10.1 Å². The van der Waals surface area contributed by atoms with Crippen LogP contribution in [0.2, 0.25) is 0 Å². The van der Waals surface area contributed by atoms with Crippen molar-refractivity contribution in [2.75, 3.05) is 38.7 Å². The highest BCUT2D eigenvalue weighted by Gasteiger charge is 2.10. The molecule has 1 rings (SSSR count). The lowest BCUT2D eigenvalue weighted by molar-refractivity contribution is -0.116. The molecule has 0 aromatic heterocycles. The number of aliphatic hydroxyl groups is 1. The van der Waals surface area contributed by atoms with Gasteiger partial charge in [-0.15, -0.1) is 0 Å². The third-order valence-electron chi connectivity index (χ3n) is 3.24. The Morgan fingerprint density at radius 1 is 1.33 bits per heavy atom. The third kappa shape index (κ3) is 6.14. The lowest BCUT2D eigenvalue weighted by Gasteiger charge is -2.20. The van der Waals surface area contributed by atoms with E-state index in [4.69, 9.17) is 9.84 Å². The van der Waals surface area contributed by atoms with Crippen LogP contribution in [0.1, 0.15) is 25.3 Å². The second-order valence-corrected chi connectivity index (χ2v) is 5.07. The molecular weight excluding hydrogens is 268 g/mol. The van der Waals surface area contributed by atoms with Crippen LogP contribution in [0.5, 0.6) is 5.75 Å². The molecule has 0 saturated carbocycles. The van der Waals surface area contributed by atoms with E-state index in [9.17, 15) is 4.79 Å². The fraction of sp³-hybridized carbons (Fsp3) is 0.562. The van der Waals surface area contributed by atoms with Gasteiger partial charge in [0.05, 0.1) is 19.4 Å². The number of methoxy groups -OCH3 is 1. The van der Waals surface area contributed by atoms with Crippen molar-refractivity contribution < 1.29 is 14.6 Å². The Morgan fingerprint density at radius 2 is 2.10 bits per heavy atom. The van der Waals surface area contributed by atoms with Gasteiger partial charge in [-0.2, -0.15) is 0 Å². The summed E-state index contributed by atoms with van der Waals surface area (Å²) in [5, 5.41) is 11.9. The number of aliphatic hydroxyl groups excluding tert-OH is 1. The Labute approximate surface area is 126 Å². The molecule has 5 heteroatoms. The molecular formula is C16H26N2O3. The van der Waals surface area contributed by atoms with E-state index in [0.717, 1.165) is 18.5 Å². The molecule has 0 fully saturated rings. The van der Waals surface area contributed by atoms with Gasteiger partial charge in [-0.3, -0.25) is 4.79 Å². The Hall–Kier alpha value is -1.59. The van der Waals surface area contributed by atoms with Gasteiger partial charge in [-0.05, 0) is 37.6 Å². The summed E-state index contributed by atoms with van der Waals surface area (Å²) in [6.07, 6.45) is 1.41. The quantitative estimate of drug-likeness (QED) is 0.731. The van der Waals surface area contributed by atoms with Crippen molar-refractivity contribution in [1.29, 1.82) is 0 Å². The number of aryl methyl sites for hydroxylation is 1. The summed E-state index contributed by atoms with van der Waals surface area (Å²) in [5.74, 6) is 0.618. The highest BCUT2D eigenvalue weighted by molar-refractivity contribution is 5.92. The fourth-order valence-corrected chi connectivity index (χ4v) is 2.18. The van der Waals surface area contributed by atoms with Crippen LogP contribution in [-0.4, -0.2) is 49.3 Å². The summed E-state index contributed by atoms with van der Waals surface area (Å²) in [6.45, 7) is 6.32. The monoisotopic (exact) mass is 294 g/mol. The number of nitrogens with zero attached hydrogens (tertiary/aromatic N) is 1. The van der Waals surface area contributed by atoms with Crippen molar-refractivity contribution in [3.05, 3.63) is 23.8 Å². The maximum absolute atomic E-state index is 12.0. The number of hydrogen-bond donors (Lipinski definition) is 2. The Bertz CT molecular complexity index is 443. The molecule has 0 atom stereocenters. The third-order valence-corrected chi connectivity index (χ3v) is 3.24. The predicted octanol–water partition coefficient (Wildman–Crippen LogP) is 2.04. The zero-order valence-corrected chi connectivity index (χ0v) is 13.2. The predicted molar refractivity (Wildman–Crippen MR) is 84.8 cm³/mol. The first-order chi connectivity index (χ1) is 10.1. The Morgan fingerprint density at radius 3 is 2.71 bits per heavy atom. The highest BCUT2D eigenvalue weighted by Crippen LogP contribution is 2.25. The second kappa shape index (κ2) is 9.37. The molecule has 1 amide bonds. The van der Waals surface area contributed by atoms with Gasteiger partial charge in [-0.25, -0.2) is 0 Å². The lowest BCUT2D eigenvalue weighted by Crippen LogP contribution is -2.31. The Balaban J connectivity index is 2.55. The minimum Gasteiger partial charge on any atom is -0.495 e. The number of nitrogens with one attached hydrogen (secondary N) is 1. The number of ether oxygens (including phenoxy) is 1. The zero-order valence-electron chi connectivity index (χ0n) is 13.2. The normalized spacial score (nSPS) is 10.7. The van der Waals surface area contributed by atoms with Crippen LogP contribution in [0.4, 0.5) is 5.69 Å². The van der Waals surface area contributed by atoms with E-state index in [0.29, 0.717) is 30.9 Å². The molecule has 2 N–H and O–H groups in total. The van der Waals surface area contributed by atoms with Crippen molar-refractivity contribution in [2.24, 2.45) is 0 Å². The zero-order chi connectivity index (χ0) is 15.7. The Kier molecular flexibility index (Phi) is 7.79. The van der Waals surface area contributed by atoms with Crippen molar-refractivity contribution >= 4 is 11.6 Å². The number of benzene rings is 1. The molecule has 1 aromatic carbocycles. The molecule has 0 heterocycles. The summed E-state index contributed by atoms with van der Waals surface area (Å²) in [7, 11) is 1.59. The minimum atomic E-state index is -0.0436. The smallest absolute Gasteiger partial charge is 0.225 e. The van der Waals surface area contributed by atoms with Gasteiger partial charge in [0.1, 0.15) is 5.75 Å². The maximum Gasteiger partial charge on any atom is 0.225 e. The maximum atomic E-state index is 12.0. The lowest BCUT2D eigenvalue weighted by atomic mass is 10.2. The molecule has 0 bridgehead atoms. The molecule has 21 heavy (non-hydrogen) atoms. The number of carbonyl (C=O) groups is 1. The molecule has 118 valence electrons. The van der Waals surface area contributed by atoms with Gasteiger partial charge in [0.25, 0.3) is 0 Å². The van der Waals surface area contributed by atoms with Gasteiger partial charge in [0, 0.05) is 19.5 Å². The van der Waals surface area contributed by atoms with Crippen LogP contribution in [-0.2, 0) is 4.79 Å². The summed E-state index contributed by atoms with van der Waals surface area (Å²) in [4.78, 5) is 14.1. The molecule has 0 unspecified atom stereocenters. The van der Waals surface area contributed by atoms with Gasteiger partial charge in [-0.1, -0.05) is 13.0 Å². The average molecular weight is 294 g/mol.